The molecule has 2 aliphatic heterocycles. The van der Waals surface area contributed by atoms with Gasteiger partial charge >= 0.3 is 0 Å². The van der Waals surface area contributed by atoms with E-state index in [4.69, 9.17) is 14.2 Å². The van der Waals surface area contributed by atoms with Crippen molar-refractivity contribution in [2.45, 2.75) is 63.8 Å². The number of hydrogen-bond acceptors (Lipinski definition) is 5. The summed E-state index contributed by atoms with van der Waals surface area (Å²) in [5.74, 6) is -1.77. The lowest BCUT2D eigenvalue weighted by atomic mass is 9.85. The number of amides is 1. The van der Waals surface area contributed by atoms with Crippen LogP contribution in [0.4, 0.5) is 0 Å². The molecule has 0 aromatic carbocycles. The molecule has 2 N–H and O–H groups in total. The molecule has 1 amide bonds. The van der Waals surface area contributed by atoms with E-state index < -0.39 is 17.8 Å². The van der Waals surface area contributed by atoms with Crippen LogP contribution in [0.5, 0.6) is 0 Å². The molecule has 0 unspecified atom stereocenters. The topological polar surface area (TPSA) is 77.0 Å². The molecule has 2 aliphatic rings. The van der Waals surface area contributed by atoms with Crippen molar-refractivity contribution >= 4 is 5.91 Å². The van der Waals surface area contributed by atoms with E-state index in [-0.39, 0.29) is 24.7 Å². The van der Waals surface area contributed by atoms with Crippen molar-refractivity contribution in [1.29, 1.82) is 0 Å². The number of ether oxygens (including phenoxy) is 3. The standard InChI is InChI=1S/C16H27NO5/c1-10-9-16(20-4,22-12(3)11(10)2)14(18)15(19)17-13-7-5-6-8-21-13/h11-14,18H,1,5-9H2,2-4H3,(H,17,19)/t11-,12-,13+,14-,16-/m0/s1. The van der Waals surface area contributed by atoms with Gasteiger partial charge in [-0.3, -0.25) is 4.79 Å². The van der Waals surface area contributed by atoms with Crippen molar-refractivity contribution in [2.75, 3.05) is 13.7 Å². The van der Waals surface area contributed by atoms with Crippen molar-refractivity contribution in [3.05, 3.63) is 12.2 Å². The highest BCUT2D eigenvalue weighted by molar-refractivity contribution is 5.81. The van der Waals surface area contributed by atoms with Gasteiger partial charge in [-0.15, -0.1) is 0 Å². The molecular weight excluding hydrogens is 286 g/mol. The fourth-order valence-electron chi connectivity index (χ4n) is 2.95. The molecule has 5 atom stereocenters. The number of carbonyl (C=O) groups excluding carboxylic acids is 1. The Hall–Kier alpha value is -0.950. The van der Waals surface area contributed by atoms with Gasteiger partial charge in [-0.25, -0.2) is 0 Å². The lowest BCUT2D eigenvalue weighted by Gasteiger charge is -2.45. The zero-order valence-electron chi connectivity index (χ0n) is 13.6. The van der Waals surface area contributed by atoms with Gasteiger partial charge < -0.3 is 24.6 Å². The van der Waals surface area contributed by atoms with Crippen LogP contribution in [0.3, 0.4) is 0 Å². The summed E-state index contributed by atoms with van der Waals surface area (Å²) >= 11 is 0. The van der Waals surface area contributed by atoms with Crippen LogP contribution >= 0.6 is 0 Å². The summed E-state index contributed by atoms with van der Waals surface area (Å²) in [6.07, 6.45) is 1.06. The smallest absolute Gasteiger partial charge is 0.256 e. The van der Waals surface area contributed by atoms with Crippen molar-refractivity contribution in [2.24, 2.45) is 5.92 Å². The molecule has 126 valence electrons. The molecule has 0 saturated carbocycles. The van der Waals surface area contributed by atoms with Gasteiger partial charge in [0.15, 0.2) is 6.10 Å². The van der Waals surface area contributed by atoms with Crippen LogP contribution in [0.1, 0.15) is 39.5 Å². The Bertz CT molecular complexity index is 421. The van der Waals surface area contributed by atoms with Crippen molar-refractivity contribution in [3.8, 4) is 0 Å². The molecule has 0 aromatic heterocycles. The van der Waals surface area contributed by atoms with Crippen molar-refractivity contribution in [3.63, 3.8) is 0 Å². The van der Waals surface area contributed by atoms with Crippen molar-refractivity contribution < 1.29 is 24.1 Å². The lowest BCUT2D eigenvalue weighted by molar-refractivity contribution is -0.297. The molecule has 2 saturated heterocycles. The highest BCUT2D eigenvalue weighted by Crippen LogP contribution is 2.38. The van der Waals surface area contributed by atoms with E-state index in [1.54, 1.807) is 0 Å². The fourth-order valence-corrected chi connectivity index (χ4v) is 2.95. The molecule has 0 bridgehead atoms. The minimum absolute atomic E-state index is 0.153. The Kier molecular flexibility index (Phi) is 5.60. The molecule has 22 heavy (non-hydrogen) atoms. The minimum Gasteiger partial charge on any atom is -0.378 e. The number of hydrogen-bond donors (Lipinski definition) is 2. The summed E-state index contributed by atoms with van der Waals surface area (Å²) in [4.78, 5) is 12.3. The largest absolute Gasteiger partial charge is 0.378 e. The molecule has 6 nitrogen and oxygen atoms in total. The Labute approximate surface area is 131 Å². The number of nitrogens with one attached hydrogen (secondary N) is 1. The molecule has 6 heteroatoms. The van der Waals surface area contributed by atoms with Gasteiger partial charge in [0.2, 0.25) is 5.79 Å². The number of rotatable bonds is 4. The summed E-state index contributed by atoms with van der Waals surface area (Å²) in [5, 5.41) is 13.2. The van der Waals surface area contributed by atoms with Gasteiger partial charge in [0.25, 0.3) is 5.91 Å². The predicted molar refractivity (Wildman–Crippen MR) is 80.9 cm³/mol. The van der Waals surface area contributed by atoms with E-state index in [0.717, 1.165) is 24.8 Å². The first-order valence-electron chi connectivity index (χ1n) is 7.90. The first-order valence-corrected chi connectivity index (χ1v) is 7.90. The van der Waals surface area contributed by atoms with Gasteiger partial charge in [-0.1, -0.05) is 19.1 Å². The van der Waals surface area contributed by atoms with Crippen LogP contribution in [0.15, 0.2) is 12.2 Å². The second kappa shape index (κ2) is 7.08. The molecule has 2 rings (SSSR count). The van der Waals surface area contributed by atoms with Gasteiger partial charge in [0.05, 0.1) is 6.10 Å². The SMILES string of the molecule is C=C1C[C@@](OC)([C@@H](O)C(=O)N[C@H]2CCCCO2)O[C@@H](C)[C@H]1C. The molecule has 0 aliphatic carbocycles. The first-order chi connectivity index (χ1) is 10.4. The number of methoxy groups -OCH3 is 1. The highest BCUT2D eigenvalue weighted by Gasteiger charge is 2.49. The highest BCUT2D eigenvalue weighted by atomic mass is 16.7. The monoisotopic (exact) mass is 313 g/mol. The molecule has 2 fully saturated rings. The molecule has 0 radical (unpaired) electrons. The molecular formula is C16H27NO5. The van der Waals surface area contributed by atoms with Crippen LogP contribution in [-0.2, 0) is 19.0 Å². The number of aliphatic hydroxyl groups is 1. The summed E-state index contributed by atoms with van der Waals surface area (Å²) < 4.78 is 16.7. The Morgan fingerprint density at radius 1 is 1.50 bits per heavy atom. The zero-order chi connectivity index (χ0) is 16.3. The van der Waals surface area contributed by atoms with E-state index in [1.807, 2.05) is 13.8 Å². The maximum atomic E-state index is 12.3. The predicted octanol–water partition coefficient (Wildman–Crippen LogP) is 1.33. The van der Waals surface area contributed by atoms with Crippen LogP contribution in [-0.4, -0.2) is 49.0 Å². The maximum Gasteiger partial charge on any atom is 0.256 e. The Balaban J connectivity index is 2.05. The molecule has 2 heterocycles. The molecule has 0 aromatic rings. The van der Waals surface area contributed by atoms with Crippen LogP contribution in [0, 0.1) is 5.92 Å². The van der Waals surface area contributed by atoms with Gasteiger partial charge in [-0.05, 0) is 26.2 Å². The first kappa shape index (κ1) is 17.4. The van der Waals surface area contributed by atoms with Crippen molar-refractivity contribution in [1.82, 2.24) is 5.32 Å². The van der Waals surface area contributed by atoms with Crippen LogP contribution in [0.2, 0.25) is 0 Å². The zero-order valence-corrected chi connectivity index (χ0v) is 13.6. The average molecular weight is 313 g/mol. The third-order valence-electron chi connectivity index (χ3n) is 4.70. The Morgan fingerprint density at radius 3 is 2.77 bits per heavy atom. The lowest BCUT2D eigenvalue weighted by Crippen LogP contribution is -2.59. The van der Waals surface area contributed by atoms with E-state index >= 15 is 0 Å². The molecule has 0 spiro atoms. The summed E-state index contributed by atoms with van der Waals surface area (Å²) in [6.45, 7) is 8.54. The van der Waals surface area contributed by atoms with E-state index in [1.165, 1.54) is 7.11 Å². The maximum absolute atomic E-state index is 12.3. The minimum atomic E-state index is -1.44. The normalized spacial score (nSPS) is 37.6. The van der Waals surface area contributed by atoms with E-state index in [0.29, 0.717) is 6.61 Å². The van der Waals surface area contributed by atoms with Gasteiger partial charge in [0, 0.05) is 26.1 Å². The third-order valence-corrected chi connectivity index (χ3v) is 4.70. The van der Waals surface area contributed by atoms with Gasteiger partial charge in [0.1, 0.15) is 6.23 Å². The van der Waals surface area contributed by atoms with Gasteiger partial charge in [-0.2, -0.15) is 0 Å². The van der Waals surface area contributed by atoms with Crippen LogP contribution < -0.4 is 5.32 Å². The van der Waals surface area contributed by atoms with E-state index in [2.05, 4.69) is 11.9 Å². The second-order valence-electron chi connectivity index (χ2n) is 6.23. The third kappa shape index (κ3) is 3.51. The summed E-state index contributed by atoms with van der Waals surface area (Å²) in [5.41, 5.74) is 0.904. The second-order valence-corrected chi connectivity index (χ2v) is 6.23. The summed E-state index contributed by atoms with van der Waals surface area (Å²) in [6, 6.07) is 0. The summed E-state index contributed by atoms with van der Waals surface area (Å²) in [7, 11) is 1.43. The fraction of sp³-hybridized carbons (Fsp3) is 0.812. The Morgan fingerprint density at radius 2 is 2.23 bits per heavy atom. The number of carbonyl (C=O) groups is 1. The van der Waals surface area contributed by atoms with Crippen LogP contribution in [0.25, 0.3) is 0 Å². The van der Waals surface area contributed by atoms with E-state index in [9.17, 15) is 9.90 Å². The number of aliphatic hydroxyl groups excluding tert-OH is 1. The quantitative estimate of drug-likeness (QED) is 0.766. The average Bonchev–Trinajstić information content (AvgIpc) is 2.52.